The molecule has 0 radical (unpaired) electrons. The molecular formula is C17H19N3O4S. The Morgan fingerprint density at radius 1 is 1.28 bits per heavy atom. The molecule has 4 N–H and O–H groups in total. The zero-order valence-electron chi connectivity index (χ0n) is 13.5. The van der Waals surface area contributed by atoms with Gasteiger partial charge < -0.3 is 16.2 Å². The fraction of sp³-hybridized carbons (Fsp3) is 0.294. The molecule has 1 aromatic carbocycles. The lowest BCUT2D eigenvalue weighted by Gasteiger charge is -2.13. The van der Waals surface area contributed by atoms with Crippen LogP contribution in [0, 0.1) is 0 Å². The summed E-state index contributed by atoms with van der Waals surface area (Å²) in [6.45, 7) is -0.135. The number of nitrogens with one attached hydrogen (secondary N) is 1. The zero-order valence-corrected chi connectivity index (χ0v) is 14.3. The van der Waals surface area contributed by atoms with Gasteiger partial charge in [0, 0.05) is 12.5 Å². The molecular weight excluding hydrogens is 342 g/mol. The van der Waals surface area contributed by atoms with Crippen LogP contribution in [0.4, 0.5) is 5.69 Å². The highest BCUT2D eigenvalue weighted by molar-refractivity contribution is 7.91. The summed E-state index contributed by atoms with van der Waals surface area (Å²) in [4.78, 5) is 16.6. The summed E-state index contributed by atoms with van der Waals surface area (Å²) >= 11 is 0. The van der Waals surface area contributed by atoms with Gasteiger partial charge >= 0.3 is 0 Å². The van der Waals surface area contributed by atoms with E-state index in [0.717, 1.165) is 12.8 Å². The van der Waals surface area contributed by atoms with Crippen molar-refractivity contribution < 1.29 is 18.3 Å². The van der Waals surface area contributed by atoms with E-state index in [4.69, 9.17) is 10.8 Å². The molecule has 1 amide bonds. The first kappa shape index (κ1) is 17.4. The van der Waals surface area contributed by atoms with Gasteiger partial charge in [-0.1, -0.05) is 18.2 Å². The maximum atomic E-state index is 13.0. The summed E-state index contributed by atoms with van der Waals surface area (Å²) in [6, 6.07) is 9.39. The molecule has 1 fully saturated rings. The average molecular weight is 361 g/mol. The topological polar surface area (TPSA) is 122 Å². The van der Waals surface area contributed by atoms with E-state index in [9.17, 15) is 13.2 Å². The number of hydrogen-bond acceptors (Lipinski definition) is 6. The molecule has 1 saturated carbocycles. The average Bonchev–Trinajstić information content (AvgIpc) is 3.45. The van der Waals surface area contributed by atoms with E-state index in [2.05, 4.69) is 10.3 Å². The van der Waals surface area contributed by atoms with Gasteiger partial charge in [0.2, 0.25) is 9.84 Å². The van der Waals surface area contributed by atoms with Gasteiger partial charge in [0.1, 0.15) is 0 Å². The van der Waals surface area contributed by atoms with Gasteiger partial charge in [-0.25, -0.2) is 13.4 Å². The van der Waals surface area contributed by atoms with Gasteiger partial charge in [-0.2, -0.15) is 0 Å². The van der Waals surface area contributed by atoms with Crippen molar-refractivity contribution in [2.75, 3.05) is 18.9 Å². The van der Waals surface area contributed by atoms with E-state index >= 15 is 0 Å². The third kappa shape index (κ3) is 3.49. The Hall–Kier alpha value is -2.45. The first-order chi connectivity index (χ1) is 11.9. The molecule has 0 bridgehead atoms. The summed E-state index contributed by atoms with van der Waals surface area (Å²) in [7, 11) is -3.77. The number of nitrogen functional groups attached to an aromatic ring is 1. The number of carbonyl (C=O) groups is 1. The zero-order chi connectivity index (χ0) is 18.0. The highest BCUT2D eigenvalue weighted by Gasteiger charge is 2.34. The molecule has 8 heteroatoms. The smallest absolute Gasteiger partial charge is 0.272 e. The minimum Gasteiger partial charge on any atom is -0.397 e. The number of rotatable bonds is 6. The molecule has 1 aliphatic carbocycles. The van der Waals surface area contributed by atoms with Crippen LogP contribution in [0.5, 0.6) is 0 Å². The summed E-state index contributed by atoms with van der Waals surface area (Å²) in [6.07, 6.45) is 1.65. The molecule has 7 nitrogen and oxygen atoms in total. The summed E-state index contributed by atoms with van der Waals surface area (Å²) < 4.78 is 25.9. The number of anilines is 1. The van der Waals surface area contributed by atoms with Crippen LogP contribution in [0.25, 0.3) is 0 Å². The van der Waals surface area contributed by atoms with Crippen LogP contribution in [0.1, 0.15) is 34.9 Å². The lowest BCUT2D eigenvalue weighted by molar-refractivity contribution is 0.0940. The number of pyridine rings is 1. The molecule has 3 rings (SSSR count). The molecule has 25 heavy (non-hydrogen) atoms. The highest BCUT2D eigenvalue weighted by atomic mass is 32.2. The second-order valence-corrected chi connectivity index (χ2v) is 7.80. The van der Waals surface area contributed by atoms with Gasteiger partial charge in [-0.3, -0.25) is 4.79 Å². The molecule has 2 aromatic rings. The molecule has 0 saturated heterocycles. The van der Waals surface area contributed by atoms with Gasteiger partial charge in [-0.15, -0.1) is 0 Å². The van der Waals surface area contributed by atoms with E-state index in [-0.39, 0.29) is 40.2 Å². The predicted molar refractivity (Wildman–Crippen MR) is 91.9 cm³/mol. The fourth-order valence-corrected chi connectivity index (χ4v) is 4.09. The van der Waals surface area contributed by atoms with E-state index in [0.29, 0.717) is 5.69 Å². The number of nitrogens with zero attached hydrogens (tertiary/aromatic N) is 1. The summed E-state index contributed by atoms with van der Waals surface area (Å²) in [5.41, 5.74) is 6.27. The van der Waals surface area contributed by atoms with Crippen LogP contribution in [0.15, 0.2) is 46.2 Å². The van der Waals surface area contributed by atoms with Crippen molar-refractivity contribution in [3.63, 3.8) is 0 Å². The maximum Gasteiger partial charge on any atom is 0.272 e. The second kappa shape index (κ2) is 6.81. The minimum absolute atomic E-state index is 0.00524. The Morgan fingerprint density at radius 2 is 1.96 bits per heavy atom. The number of amides is 1. The van der Waals surface area contributed by atoms with Crippen molar-refractivity contribution in [2.45, 2.75) is 28.6 Å². The Bertz CT molecular complexity index is 894. The Balaban J connectivity index is 2.09. The molecule has 0 spiro atoms. The number of aliphatic hydroxyl groups is 1. The Morgan fingerprint density at radius 3 is 2.56 bits per heavy atom. The summed E-state index contributed by atoms with van der Waals surface area (Å²) in [5, 5.41) is 11.3. The van der Waals surface area contributed by atoms with Gasteiger partial charge in [-0.05, 0) is 31.0 Å². The van der Waals surface area contributed by atoms with Crippen LogP contribution >= 0.6 is 0 Å². The third-order valence-electron chi connectivity index (χ3n) is 3.96. The number of sulfone groups is 1. The highest BCUT2D eigenvalue weighted by Crippen LogP contribution is 2.43. The number of carbonyl (C=O) groups excluding carboxylic acids is 1. The van der Waals surface area contributed by atoms with Crippen molar-refractivity contribution in [2.24, 2.45) is 0 Å². The van der Waals surface area contributed by atoms with Gasteiger partial charge in [0.25, 0.3) is 5.91 Å². The van der Waals surface area contributed by atoms with Crippen LogP contribution in [-0.4, -0.2) is 37.6 Å². The van der Waals surface area contributed by atoms with Crippen molar-refractivity contribution >= 4 is 21.4 Å². The minimum atomic E-state index is -3.77. The Labute approximate surface area is 145 Å². The predicted octanol–water partition coefficient (Wildman–Crippen LogP) is 1.10. The second-order valence-electron chi connectivity index (χ2n) is 5.88. The van der Waals surface area contributed by atoms with E-state index < -0.39 is 15.7 Å². The van der Waals surface area contributed by atoms with Crippen LogP contribution in [0.3, 0.4) is 0 Å². The van der Waals surface area contributed by atoms with E-state index in [1.54, 1.807) is 18.2 Å². The quantitative estimate of drug-likeness (QED) is 0.708. The summed E-state index contributed by atoms with van der Waals surface area (Å²) in [5.74, 6) is -0.518. The maximum absolute atomic E-state index is 13.0. The van der Waals surface area contributed by atoms with Crippen molar-refractivity contribution in [3.8, 4) is 0 Å². The third-order valence-corrected chi connectivity index (χ3v) is 5.76. The SMILES string of the molecule is Nc1cc(S(=O)(=O)c2ccccc2)c(C2CC2)nc1C(=O)NCCO. The largest absolute Gasteiger partial charge is 0.397 e. The molecule has 132 valence electrons. The molecule has 1 aromatic heterocycles. The Kier molecular flexibility index (Phi) is 4.73. The lowest BCUT2D eigenvalue weighted by Crippen LogP contribution is -2.28. The van der Waals surface area contributed by atoms with Crippen molar-refractivity contribution in [3.05, 3.63) is 47.8 Å². The van der Waals surface area contributed by atoms with Crippen LogP contribution < -0.4 is 11.1 Å². The van der Waals surface area contributed by atoms with Crippen molar-refractivity contribution in [1.82, 2.24) is 10.3 Å². The molecule has 0 atom stereocenters. The standard InChI is InChI=1S/C17H19N3O4S/c18-13-10-14(25(23,24)12-4-2-1-3-5-12)15(11-6-7-11)20-16(13)17(22)19-8-9-21/h1-5,10-11,21H,6-9,18H2,(H,19,22). The first-order valence-corrected chi connectivity index (χ1v) is 9.43. The lowest BCUT2D eigenvalue weighted by atomic mass is 10.2. The number of aliphatic hydroxyl groups excluding tert-OH is 1. The fourth-order valence-electron chi connectivity index (χ4n) is 2.55. The molecule has 0 unspecified atom stereocenters. The molecule has 0 aliphatic heterocycles. The van der Waals surface area contributed by atoms with E-state index in [1.165, 1.54) is 18.2 Å². The number of nitrogens with two attached hydrogens (primary N) is 1. The normalized spacial score (nSPS) is 14.3. The van der Waals surface area contributed by atoms with Gasteiger partial charge in [0.05, 0.1) is 27.8 Å². The number of aromatic nitrogens is 1. The van der Waals surface area contributed by atoms with Gasteiger partial charge in [0.15, 0.2) is 5.69 Å². The number of hydrogen-bond donors (Lipinski definition) is 3. The molecule has 1 heterocycles. The van der Waals surface area contributed by atoms with Crippen LogP contribution in [-0.2, 0) is 9.84 Å². The molecule has 1 aliphatic rings. The number of benzene rings is 1. The van der Waals surface area contributed by atoms with Crippen molar-refractivity contribution in [1.29, 1.82) is 0 Å². The first-order valence-electron chi connectivity index (χ1n) is 7.94. The van der Waals surface area contributed by atoms with E-state index in [1.807, 2.05) is 0 Å². The monoisotopic (exact) mass is 361 g/mol. The van der Waals surface area contributed by atoms with Crippen LogP contribution in [0.2, 0.25) is 0 Å².